The van der Waals surface area contributed by atoms with Gasteiger partial charge in [0, 0.05) is 12.6 Å². The van der Waals surface area contributed by atoms with Gasteiger partial charge in [0.2, 0.25) is 0 Å². The van der Waals surface area contributed by atoms with Crippen molar-refractivity contribution in [3.8, 4) is 6.07 Å². The summed E-state index contributed by atoms with van der Waals surface area (Å²) in [6, 6.07) is 3.02. The van der Waals surface area contributed by atoms with Crippen LogP contribution >= 0.6 is 0 Å². The van der Waals surface area contributed by atoms with Crippen LogP contribution in [0.1, 0.15) is 25.7 Å². The first-order valence-corrected chi connectivity index (χ1v) is 4.51. The first-order valence-electron chi connectivity index (χ1n) is 4.51. The van der Waals surface area contributed by atoms with Gasteiger partial charge in [0.1, 0.15) is 0 Å². The first-order chi connectivity index (χ1) is 5.40. The van der Waals surface area contributed by atoms with Crippen LogP contribution in [0.15, 0.2) is 0 Å². The molecule has 0 aromatic carbocycles. The SMILES string of the molecule is N#CCN(CC1CC1)C1CC1. The maximum Gasteiger partial charge on any atom is 0.0868 e. The summed E-state index contributed by atoms with van der Waals surface area (Å²) < 4.78 is 0. The van der Waals surface area contributed by atoms with E-state index in [2.05, 4.69) is 11.0 Å². The smallest absolute Gasteiger partial charge is 0.0868 e. The Kier molecular flexibility index (Phi) is 1.83. The molecule has 11 heavy (non-hydrogen) atoms. The molecule has 0 aromatic rings. The molecular weight excluding hydrogens is 136 g/mol. The second-order valence-corrected chi connectivity index (χ2v) is 3.76. The molecule has 0 amide bonds. The van der Waals surface area contributed by atoms with Gasteiger partial charge in [-0.1, -0.05) is 0 Å². The van der Waals surface area contributed by atoms with Gasteiger partial charge < -0.3 is 0 Å². The lowest BCUT2D eigenvalue weighted by Gasteiger charge is -2.17. The predicted molar refractivity (Wildman–Crippen MR) is 42.9 cm³/mol. The molecule has 0 saturated heterocycles. The highest BCUT2D eigenvalue weighted by Crippen LogP contribution is 2.34. The Balaban J connectivity index is 1.77. The highest BCUT2D eigenvalue weighted by atomic mass is 15.2. The average Bonchev–Trinajstić information content (AvgIpc) is 2.84. The molecule has 0 unspecified atom stereocenters. The maximum absolute atomic E-state index is 8.55. The van der Waals surface area contributed by atoms with Crippen molar-refractivity contribution in [1.82, 2.24) is 4.90 Å². The summed E-state index contributed by atoms with van der Waals surface area (Å²) in [6.45, 7) is 1.85. The maximum atomic E-state index is 8.55. The molecule has 0 N–H and O–H groups in total. The Morgan fingerprint density at radius 2 is 2.00 bits per heavy atom. The van der Waals surface area contributed by atoms with Crippen molar-refractivity contribution in [2.45, 2.75) is 31.7 Å². The number of hydrogen-bond donors (Lipinski definition) is 0. The Morgan fingerprint density at radius 1 is 1.27 bits per heavy atom. The second-order valence-electron chi connectivity index (χ2n) is 3.76. The number of nitrogens with zero attached hydrogens (tertiary/aromatic N) is 2. The lowest BCUT2D eigenvalue weighted by Crippen LogP contribution is -2.28. The summed E-state index contributed by atoms with van der Waals surface area (Å²) in [5.74, 6) is 0.934. The molecule has 2 fully saturated rings. The zero-order valence-electron chi connectivity index (χ0n) is 6.79. The topological polar surface area (TPSA) is 27.0 Å². The van der Waals surface area contributed by atoms with E-state index in [-0.39, 0.29) is 0 Å². The predicted octanol–water partition coefficient (Wildman–Crippen LogP) is 1.38. The average molecular weight is 150 g/mol. The molecule has 0 heterocycles. The molecule has 0 radical (unpaired) electrons. The third kappa shape index (κ3) is 1.94. The van der Waals surface area contributed by atoms with Crippen molar-refractivity contribution in [1.29, 1.82) is 5.26 Å². The molecule has 0 atom stereocenters. The normalized spacial score (nSPS) is 23.6. The Morgan fingerprint density at radius 3 is 2.45 bits per heavy atom. The monoisotopic (exact) mass is 150 g/mol. The third-order valence-corrected chi connectivity index (χ3v) is 2.53. The molecule has 60 valence electrons. The summed E-state index contributed by atoms with van der Waals surface area (Å²) in [5.41, 5.74) is 0. The van der Waals surface area contributed by atoms with Crippen LogP contribution in [0.4, 0.5) is 0 Å². The molecule has 2 saturated carbocycles. The molecule has 2 heteroatoms. The highest BCUT2D eigenvalue weighted by molar-refractivity contribution is 4.92. The molecule has 2 aliphatic rings. The van der Waals surface area contributed by atoms with E-state index in [0.29, 0.717) is 6.54 Å². The van der Waals surface area contributed by atoms with Gasteiger partial charge in [-0.25, -0.2) is 0 Å². The third-order valence-electron chi connectivity index (χ3n) is 2.53. The minimum Gasteiger partial charge on any atom is -0.287 e. The zero-order chi connectivity index (χ0) is 7.68. The highest BCUT2D eigenvalue weighted by Gasteiger charge is 2.33. The van der Waals surface area contributed by atoms with Crippen LogP contribution < -0.4 is 0 Å². The lowest BCUT2D eigenvalue weighted by atomic mass is 10.3. The van der Waals surface area contributed by atoms with Crippen LogP contribution in [-0.2, 0) is 0 Å². The molecule has 0 spiro atoms. The van der Waals surface area contributed by atoms with Crippen molar-refractivity contribution in [3.63, 3.8) is 0 Å². The summed E-state index contributed by atoms with van der Waals surface area (Å²) in [7, 11) is 0. The first kappa shape index (κ1) is 7.12. The van der Waals surface area contributed by atoms with Gasteiger partial charge in [-0.2, -0.15) is 5.26 Å². The lowest BCUT2D eigenvalue weighted by molar-refractivity contribution is 0.283. The molecule has 0 bridgehead atoms. The molecule has 0 aliphatic heterocycles. The van der Waals surface area contributed by atoms with E-state index in [1.165, 1.54) is 32.2 Å². The zero-order valence-corrected chi connectivity index (χ0v) is 6.79. The van der Waals surface area contributed by atoms with E-state index in [1.807, 2.05) is 0 Å². The quantitative estimate of drug-likeness (QED) is 0.566. The van der Waals surface area contributed by atoms with Crippen LogP contribution in [0, 0.1) is 17.2 Å². The fourth-order valence-electron chi connectivity index (χ4n) is 1.51. The van der Waals surface area contributed by atoms with Gasteiger partial charge >= 0.3 is 0 Å². The fraction of sp³-hybridized carbons (Fsp3) is 0.889. The molecule has 2 nitrogen and oxygen atoms in total. The van der Waals surface area contributed by atoms with Crippen LogP contribution in [0.2, 0.25) is 0 Å². The van der Waals surface area contributed by atoms with Crippen molar-refractivity contribution in [3.05, 3.63) is 0 Å². The van der Waals surface area contributed by atoms with Gasteiger partial charge in [0.05, 0.1) is 12.6 Å². The molecular formula is C9H14N2. The van der Waals surface area contributed by atoms with E-state index in [0.717, 1.165) is 12.0 Å². The molecule has 0 aromatic heterocycles. The van der Waals surface area contributed by atoms with Gasteiger partial charge in [0.15, 0.2) is 0 Å². The van der Waals surface area contributed by atoms with E-state index in [4.69, 9.17) is 5.26 Å². The van der Waals surface area contributed by atoms with E-state index in [1.54, 1.807) is 0 Å². The number of nitriles is 1. The number of rotatable bonds is 4. The summed E-state index contributed by atoms with van der Waals surface area (Å²) in [4.78, 5) is 2.36. The van der Waals surface area contributed by atoms with Crippen LogP contribution in [0.3, 0.4) is 0 Å². The van der Waals surface area contributed by atoms with Crippen molar-refractivity contribution in [2.75, 3.05) is 13.1 Å². The molecule has 2 rings (SSSR count). The van der Waals surface area contributed by atoms with Gasteiger partial charge in [-0.15, -0.1) is 0 Å². The summed E-state index contributed by atoms with van der Waals surface area (Å²) in [5, 5.41) is 8.55. The Labute approximate surface area is 67.8 Å². The van der Waals surface area contributed by atoms with Gasteiger partial charge in [0.25, 0.3) is 0 Å². The van der Waals surface area contributed by atoms with E-state index in [9.17, 15) is 0 Å². The Bertz CT molecular complexity index is 174. The standard InChI is InChI=1S/C9H14N2/c10-5-6-11(9-3-4-9)7-8-1-2-8/h8-9H,1-4,6-7H2. The molecule has 2 aliphatic carbocycles. The van der Waals surface area contributed by atoms with Gasteiger partial charge in [-0.3, -0.25) is 4.90 Å². The van der Waals surface area contributed by atoms with Crippen molar-refractivity contribution in [2.24, 2.45) is 5.92 Å². The Hall–Kier alpha value is -0.550. The second kappa shape index (κ2) is 2.83. The van der Waals surface area contributed by atoms with Crippen LogP contribution in [0.5, 0.6) is 0 Å². The number of hydrogen-bond acceptors (Lipinski definition) is 2. The minimum atomic E-state index is 0.654. The van der Waals surface area contributed by atoms with Gasteiger partial charge in [-0.05, 0) is 31.6 Å². The van der Waals surface area contributed by atoms with E-state index < -0.39 is 0 Å². The van der Waals surface area contributed by atoms with Crippen LogP contribution in [0.25, 0.3) is 0 Å². The van der Waals surface area contributed by atoms with Crippen LogP contribution in [-0.4, -0.2) is 24.0 Å². The van der Waals surface area contributed by atoms with Crippen molar-refractivity contribution < 1.29 is 0 Å². The largest absolute Gasteiger partial charge is 0.287 e. The minimum absolute atomic E-state index is 0.654. The summed E-state index contributed by atoms with van der Waals surface area (Å²) in [6.07, 6.45) is 5.45. The van der Waals surface area contributed by atoms with Crippen molar-refractivity contribution >= 4 is 0 Å². The summed E-state index contributed by atoms with van der Waals surface area (Å²) >= 11 is 0. The van der Waals surface area contributed by atoms with E-state index >= 15 is 0 Å². The fourth-order valence-corrected chi connectivity index (χ4v) is 1.51.